The number of aryl methyl sites for hydroxylation is 1. The van der Waals surface area contributed by atoms with Crippen molar-refractivity contribution in [2.75, 3.05) is 0 Å². The van der Waals surface area contributed by atoms with E-state index >= 15 is 0 Å². The van der Waals surface area contributed by atoms with Crippen molar-refractivity contribution in [3.05, 3.63) is 95.1 Å². The maximum absolute atomic E-state index is 13.5. The predicted octanol–water partition coefficient (Wildman–Crippen LogP) is 5.77. The van der Waals surface area contributed by atoms with Crippen molar-refractivity contribution >= 4 is 54.5 Å². The summed E-state index contributed by atoms with van der Waals surface area (Å²) >= 11 is 18.2. The predicted molar refractivity (Wildman–Crippen MR) is 125 cm³/mol. The molecule has 31 heavy (non-hydrogen) atoms. The third kappa shape index (κ3) is 5.62. The topological polar surface area (TPSA) is 68.3 Å². The maximum atomic E-state index is 13.5. The van der Waals surface area contributed by atoms with Gasteiger partial charge in [-0.25, -0.2) is 16.8 Å². The minimum atomic E-state index is -4.19. The highest BCUT2D eigenvalue weighted by molar-refractivity contribution is 7.93. The number of sulfone groups is 2. The van der Waals surface area contributed by atoms with E-state index in [2.05, 4.69) is 0 Å². The van der Waals surface area contributed by atoms with Crippen LogP contribution in [-0.4, -0.2) is 16.8 Å². The molecule has 0 aliphatic rings. The van der Waals surface area contributed by atoms with Gasteiger partial charge in [0.15, 0.2) is 19.7 Å². The summed E-state index contributed by atoms with van der Waals surface area (Å²) < 4.78 is 51.7. The summed E-state index contributed by atoms with van der Waals surface area (Å²) in [4.78, 5) is -0.802. The van der Waals surface area contributed by atoms with E-state index in [0.717, 1.165) is 0 Å². The van der Waals surface area contributed by atoms with Gasteiger partial charge in [0.2, 0.25) is 3.79 Å². The summed E-state index contributed by atoms with van der Waals surface area (Å²) in [6.07, 6.45) is 0. The lowest BCUT2D eigenvalue weighted by Gasteiger charge is -2.21. The molecule has 0 unspecified atom stereocenters. The number of halogens is 3. The molecule has 0 aliphatic heterocycles. The van der Waals surface area contributed by atoms with Gasteiger partial charge in [0, 0.05) is 5.56 Å². The zero-order valence-corrected chi connectivity index (χ0v) is 20.3. The van der Waals surface area contributed by atoms with Crippen LogP contribution in [0, 0.1) is 6.92 Å². The molecule has 3 aromatic rings. The van der Waals surface area contributed by atoms with Crippen LogP contribution in [0.3, 0.4) is 0 Å². The molecule has 3 aromatic carbocycles. The molecule has 0 atom stereocenters. The van der Waals surface area contributed by atoms with E-state index in [9.17, 15) is 16.8 Å². The lowest BCUT2D eigenvalue weighted by molar-refractivity contribution is 0.579. The lowest BCUT2D eigenvalue weighted by atomic mass is 10.1. The van der Waals surface area contributed by atoms with Crippen molar-refractivity contribution in [2.24, 2.45) is 0 Å². The van der Waals surface area contributed by atoms with E-state index in [1.165, 1.54) is 19.1 Å². The summed E-state index contributed by atoms with van der Waals surface area (Å²) in [5.74, 6) is -0.815. The zero-order chi connectivity index (χ0) is 22.9. The normalized spacial score (nSPS) is 12.6. The number of benzene rings is 3. The molecule has 4 nitrogen and oxygen atoms in total. The summed E-state index contributed by atoms with van der Waals surface area (Å²) in [5, 5.41) is 0. The fraction of sp³-hybridized carbons (Fsp3) is 0.182. The van der Waals surface area contributed by atoms with Crippen LogP contribution in [0.25, 0.3) is 0 Å². The second kappa shape index (κ2) is 9.12. The van der Waals surface area contributed by atoms with Gasteiger partial charge in [0.1, 0.15) is 0 Å². The number of rotatable bonds is 6. The highest BCUT2D eigenvalue weighted by Gasteiger charge is 2.38. The van der Waals surface area contributed by atoms with Crippen molar-refractivity contribution in [1.82, 2.24) is 0 Å². The first kappa shape index (κ1) is 24.1. The molecule has 0 amide bonds. The SMILES string of the molecule is Cc1ccc(C(Cl)(Cl)Cl)c(S(=O)(=O)Cc2ccccc2)c1S(=O)(=O)Cc1ccccc1. The van der Waals surface area contributed by atoms with E-state index in [1.54, 1.807) is 60.7 Å². The van der Waals surface area contributed by atoms with Gasteiger partial charge in [-0.1, -0.05) is 108 Å². The van der Waals surface area contributed by atoms with E-state index < -0.39 is 34.1 Å². The van der Waals surface area contributed by atoms with Crippen molar-refractivity contribution in [3.63, 3.8) is 0 Å². The van der Waals surface area contributed by atoms with Gasteiger partial charge in [-0.2, -0.15) is 0 Å². The standard InChI is InChI=1S/C22H19Cl3O4S2/c1-16-12-13-19(22(23,24)25)21(31(28,29)15-18-10-6-3-7-11-18)20(16)30(26,27)14-17-8-4-2-5-9-17/h2-13H,14-15H2,1H3. The van der Waals surface area contributed by atoms with Gasteiger partial charge < -0.3 is 0 Å². The average molecular weight is 518 g/mol. The Morgan fingerprint density at radius 2 is 1.06 bits per heavy atom. The Kier molecular flexibility index (Phi) is 7.08. The highest BCUT2D eigenvalue weighted by Crippen LogP contribution is 2.45. The quantitative estimate of drug-likeness (QED) is 0.389. The zero-order valence-electron chi connectivity index (χ0n) is 16.4. The van der Waals surface area contributed by atoms with Crippen molar-refractivity contribution in [1.29, 1.82) is 0 Å². The molecule has 0 saturated carbocycles. The number of hydrogen-bond donors (Lipinski definition) is 0. The second-order valence-corrected chi connectivity index (χ2v) is 13.2. The molecule has 0 aromatic heterocycles. The third-order valence-electron chi connectivity index (χ3n) is 4.64. The number of alkyl halides is 3. The van der Waals surface area contributed by atoms with Crippen LogP contribution in [0.5, 0.6) is 0 Å². The van der Waals surface area contributed by atoms with Gasteiger partial charge in [-0.15, -0.1) is 0 Å². The van der Waals surface area contributed by atoms with Gasteiger partial charge in [-0.3, -0.25) is 0 Å². The fourth-order valence-electron chi connectivity index (χ4n) is 3.31. The monoisotopic (exact) mass is 516 g/mol. The Balaban J connectivity index is 2.27. The molecular formula is C22H19Cl3O4S2. The Bertz CT molecular complexity index is 1280. The molecule has 0 saturated heterocycles. The van der Waals surface area contributed by atoms with Crippen LogP contribution in [0.1, 0.15) is 22.3 Å². The summed E-state index contributed by atoms with van der Waals surface area (Å²) in [5.41, 5.74) is 1.09. The van der Waals surface area contributed by atoms with Gasteiger partial charge in [-0.05, 0) is 23.6 Å². The van der Waals surface area contributed by atoms with Crippen LogP contribution in [0.15, 0.2) is 82.6 Å². The molecule has 0 N–H and O–H groups in total. The molecule has 9 heteroatoms. The van der Waals surface area contributed by atoms with E-state index in [1.807, 2.05) is 0 Å². The molecule has 0 fully saturated rings. The molecule has 164 valence electrons. The number of hydrogen-bond acceptors (Lipinski definition) is 4. The fourth-order valence-corrected chi connectivity index (χ4v) is 8.22. The van der Waals surface area contributed by atoms with Crippen LogP contribution in [0.4, 0.5) is 0 Å². The first-order chi connectivity index (χ1) is 14.4. The van der Waals surface area contributed by atoms with Crippen molar-refractivity contribution in [3.8, 4) is 0 Å². The Labute approximate surface area is 197 Å². The average Bonchev–Trinajstić information content (AvgIpc) is 2.67. The van der Waals surface area contributed by atoms with Gasteiger partial charge >= 0.3 is 0 Å². The minimum absolute atomic E-state index is 0.189. The Hall–Kier alpha value is -1.57. The molecular weight excluding hydrogens is 499 g/mol. The van der Waals surface area contributed by atoms with Crippen LogP contribution < -0.4 is 0 Å². The molecule has 3 rings (SSSR count). The van der Waals surface area contributed by atoms with Gasteiger partial charge in [0.25, 0.3) is 0 Å². The van der Waals surface area contributed by atoms with Crippen LogP contribution >= 0.6 is 34.8 Å². The first-order valence-corrected chi connectivity index (χ1v) is 13.6. The summed E-state index contributed by atoms with van der Waals surface area (Å²) in [6.45, 7) is 1.53. The smallest absolute Gasteiger partial charge is 0.217 e. The molecule has 0 heterocycles. The molecule has 0 aliphatic carbocycles. The van der Waals surface area contributed by atoms with Crippen LogP contribution in [-0.2, 0) is 35.0 Å². The summed E-state index contributed by atoms with van der Waals surface area (Å²) in [6, 6.07) is 19.7. The van der Waals surface area contributed by atoms with E-state index in [0.29, 0.717) is 11.1 Å². The first-order valence-electron chi connectivity index (χ1n) is 9.16. The second-order valence-electron chi connectivity index (χ2n) is 7.08. The van der Waals surface area contributed by atoms with Crippen LogP contribution in [0.2, 0.25) is 0 Å². The molecule has 0 spiro atoms. The van der Waals surface area contributed by atoms with E-state index in [-0.39, 0.29) is 21.8 Å². The minimum Gasteiger partial charge on any atom is -0.223 e. The highest BCUT2D eigenvalue weighted by atomic mass is 35.6. The third-order valence-corrected chi connectivity index (χ3v) is 9.00. The maximum Gasteiger partial charge on any atom is 0.217 e. The largest absolute Gasteiger partial charge is 0.223 e. The van der Waals surface area contributed by atoms with Gasteiger partial charge in [0.05, 0.1) is 21.3 Å². The molecule has 0 bridgehead atoms. The molecule has 0 radical (unpaired) electrons. The van der Waals surface area contributed by atoms with Crippen molar-refractivity contribution < 1.29 is 16.8 Å². The van der Waals surface area contributed by atoms with E-state index in [4.69, 9.17) is 34.8 Å². The summed E-state index contributed by atoms with van der Waals surface area (Å²) in [7, 11) is -8.28. The Morgan fingerprint density at radius 1 is 0.645 bits per heavy atom. The lowest BCUT2D eigenvalue weighted by Crippen LogP contribution is -2.20. The van der Waals surface area contributed by atoms with Crippen molar-refractivity contribution in [2.45, 2.75) is 32.0 Å². The Morgan fingerprint density at radius 3 is 1.48 bits per heavy atom.